The summed E-state index contributed by atoms with van der Waals surface area (Å²) in [5.74, 6) is 0.987. The van der Waals surface area contributed by atoms with Crippen molar-refractivity contribution >= 4 is 21.6 Å². The van der Waals surface area contributed by atoms with Gasteiger partial charge in [-0.05, 0) is 31.5 Å². The monoisotopic (exact) mass is 354 g/mol. The molecule has 0 unspecified atom stereocenters. The fourth-order valence-corrected chi connectivity index (χ4v) is 3.28. The Labute approximate surface area is 137 Å². The zero-order chi connectivity index (χ0) is 14.9. The van der Waals surface area contributed by atoms with E-state index in [9.17, 15) is 0 Å². The van der Waals surface area contributed by atoms with E-state index in [-0.39, 0.29) is 0 Å². The van der Waals surface area contributed by atoms with Gasteiger partial charge in [0.15, 0.2) is 0 Å². The number of unbranched alkanes of at least 4 members (excludes halogenated alkanes) is 3. The molecule has 0 atom stereocenters. The van der Waals surface area contributed by atoms with Gasteiger partial charge in [0.1, 0.15) is 5.75 Å². The number of ether oxygens (including phenoxy) is 1. The molecule has 0 spiro atoms. The molecule has 4 heteroatoms. The number of methoxy groups -OCH3 is 1. The predicted molar refractivity (Wildman–Crippen MR) is 93.9 cm³/mol. The van der Waals surface area contributed by atoms with E-state index in [1.165, 1.54) is 37.9 Å². The van der Waals surface area contributed by atoms with Gasteiger partial charge in [0, 0.05) is 31.5 Å². The Morgan fingerprint density at radius 2 is 1.71 bits per heavy atom. The smallest absolute Gasteiger partial charge is 0.142 e. The number of piperazine rings is 1. The first kappa shape index (κ1) is 16.6. The third-order valence-electron chi connectivity index (χ3n) is 4.16. The molecule has 1 saturated heterocycles. The molecular formula is C17H27BrN2O. The molecule has 0 radical (unpaired) electrons. The zero-order valence-corrected chi connectivity index (χ0v) is 14.6. The quantitative estimate of drug-likeness (QED) is 0.522. The average molecular weight is 355 g/mol. The molecule has 1 aromatic rings. The van der Waals surface area contributed by atoms with Crippen molar-refractivity contribution in [2.75, 3.05) is 50.1 Å². The summed E-state index contributed by atoms with van der Waals surface area (Å²) in [6.45, 7) is 5.78. The normalized spacial score (nSPS) is 16.2. The molecule has 3 nitrogen and oxygen atoms in total. The fraction of sp³-hybridized carbons (Fsp3) is 0.647. The van der Waals surface area contributed by atoms with Crippen LogP contribution in [0.3, 0.4) is 0 Å². The highest BCUT2D eigenvalue weighted by molar-refractivity contribution is 9.09. The van der Waals surface area contributed by atoms with Gasteiger partial charge >= 0.3 is 0 Å². The lowest BCUT2D eigenvalue weighted by Crippen LogP contribution is -2.46. The maximum Gasteiger partial charge on any atom is 0.142 e. The van der Waals surface area contributed by atoms with Crippen LogP contribution in [0.15, 0.2) is 24.3 Å². The minimum Gasteiger partial charge on any atom is -0.495 e. The maximum absolute atomic E-state index is 5.47. The van der Waals surface area contributed by atoms with Crippen molar-refractivity contribution in [3.8, 4) is 5.75 Å². The fourth-order valence-electron chi connectivity index (χ4n) is 2.89. The third-order valence-corrected chi connectivity index (χ3v) is 4.72. The first-order valence-electron chi connectivity index (χ1n) is 8.01. The van der Waals surface area contributed by atoms with Crippen molar-refractivity contribution in [3.05, 3.63) is 24.3 Å². The van der Waals surface area contributed by atoms with E-state index >= 15 is 0 Å². The highest BCUT2D eigenvalue weighted by atomic mass is 79.9. The lowest BCUT2D eigenvalue weighted by molar-refractivity contribution is 0.251. The molecule has 0 aromatic heterocycles. The van der Waals surface area contributed by atoms with Gasteiger partial charge in [-0.3, -0.25) is 4.90 Å². The number of hydrogen-bond acceptors (Lipinski definition) is 3. The lowest BCUT2D eigenvalue weighted by atomic mass is 10.2. The number of nitrogens with zero attached hydrogens (tertiary/aromatic N) is 2. The Hall–Kier alpha value is -0.740. The summed E-state index contributed by atoms with van der Waals surface area (Å²) in [5.41, 5.74) is 1.23. The summed E-state index contributed by atoms with van der Waals surface area (Å²) in [5, 5.41) is 1.14. The Balaban J connectivity index is 1.73. The summed E-state index contributed by atoms with van der Waals surface area (Å²) in [4.78, 5) is 5.04. The van der Waals surface area contributed by atoms with Crippen LogP contribution in [0.5, 0.6) is 5.75 Å². The van der Waals surface area contributed by atoms with Gasteiger partial charge in [-0.2, -0.15) is 0 Å². The third kappa shape index (κ3) is 5.19. The molecule has 1 aliphatic heterocycles. The number of hydrogen-bond donors (Lipinski definition) is 0. The van der Waals surface area contributed by atoms with Gasteiger partial charge in [0.2, 0.25) is 0 Å². The van der Waals surface area contributed by atoms with E-state index in [1.807, 2.05) is 12.1 Å². The van der Waals surface area contributed by atoms with Gasteiger partial charge in [0.05, 0.1) is 12.8 Å². The number of alkyl halides is 1. The topological polar surface area (TPSA) is 15.7 Å². The molecule has 1 fully saturated rings. The molecule has 2 rings (SSSR count). The van der Waals surface area contributed by atoms with Crippen molar-refractivity contribution < 1.29 is 4.74 Å². The van der Waals surface area contributed by atoms with Crippen LogP contribution >= 0.6 is 15.9 Å². The number of para-hydroxylation sites is 2. The number of benzene rings is 1. The summed E-state index contributed by atoms with van der Waals surface area (Å²) in [6, 6.07) is 8.33. The van der Waals surface area contributed by atoms with Gasteiger partial charge < -0.3 is 9.64 Å². The highest BCUT2D eigenvalue weighted by Crippen LogP contribution is 2.28. The summed E-state index contributed by atoms with van der Waals surface area (Å²) >= 11 is 3.49. The first-order valence-corrected chi connectivity index (χ1v) is 9.13. The van der Waals surface area contributed by atoms with Crippen LogP contribution in [0.4, 0.5) is 5.69 Å². The largest absolute Gasteiger partial charge is 0.495 e. The van der Waals surface area contributed by atoms with Crippen molar-refractivity contribution in [2.45, 2.75) is 25.7 Å². The molecule has 0 bridgehead atoms. The second-order valence-corrected chi connectivity index (χ2v) is 6.40. The van der Waals surface area contributed by atoms with E-state index in [2.05, 4.69) is 37.9 Å². The van der Waals surface area contributed by atoms with E-state index in [0.717, 1.165) is 37.3 Å². The Morgan fingerprint density at radius 1 is 1.00 bits per heavy atom. The predicted octanol–water partition coefficient (Wildman–Crippen LogP) is 3.77. The average Bonchev–Trinajstić information content (AvgIpc) is 2.55. The molecule has 1 heterocycles. The van der Waals surface area contributed by atoms with Gasteiger partial charge in [-0.1, -0.05) is 40.9 Å². The number of halogens is 1. The lowest BCUT2D eigenvalue weighted by Gasteiger charge is -2.36. The van der Waals surface area contributed by atoms with E-state index in [4.69, 9.17) is 4.74 Å². The van der Waals surface area contributed by atoms with Crippen molar-refractivity contribution in [3.63, 3.8) is 0 Å². The van der Waals surface area contributed by atoms with Gasteiger partial charge in [0.25, 0.3) is 0 Å². The molecule has 0 aliphatic carbocycles. The second kappa shape index (κ2) is 9.31. The minimum absolute atomic E-state index is 0.987. The minimum atomic E-state index is 0.987. The van der Waals surface area contributed by atoms with Crippen LogP contribution in [0, 0.1) is 0 Å². The molecule has 0 amide bonds. The molecule has 21 heavy (non-hydrogen) atoms. The maximum atomic E-state index is 5.47. The van der Waals surface area contributed by atoms with Crippen LogP contribution in [0.2, 0.25) is 0 Å². The van der Waals surface area contributed by atoms with Crippen LogP contribution in [-0.4, -0.2) is 50.1 Å². The first-order chi connectivity index (χ1) is 10.3. The van der Waals surface area contributed by atoms with Crippen LogP contribution < -0.4 is 9.64 Å². The van der Waals surface area contributed by atoms with Crippen molar-refractivity contribution in [1.29, 1.82) is 0 Å². The number of rotatable bonds is 8. The Kier molecular flexibility index (Phi) is 7.37. The zero-order valence-electron chi connectivity index (χ0n) is 13.1. The standard InChI is InChI=1S/C17H27BrN2O/c1-21-17-9-5-4-8-16(17)20-14-12-19(13-15-20)11-7-3-2-6-10-18/h4-5,8-9H,2-3,6-7,10-15H2,1H3. The van der Waals surface area contributed by atoms with E-state index in [1.54, 1.807) is 7.11 Å². The van der Waals surface area contributed by atoms with E-state index < -0.39 is 0 Å². The highest BCUT2D eigenvalue weighted by Gasteiger charge is 2.18. The summed E-state index contributed by atoms with van der Waals surface area (Å²) in [7, 11) is 1.75. The number of anilines is 1. The SMILES string of the molecule is COc1ccccc1N1CCN(CCCCCCBr)CC1. The van der Waals surface area contributed by atoms with Crippen LogP contribution in [0.1, 0.15) is 25.7 Å². The summed E-state index contributed by atoms with van der Waals surface area (Å²) in [6.07, 6.45) is 5.36. The molecule has 0 saturated carbocycles. The van der Waals surface area contributed by atoms with Crippen molar-refractivity contribution in [1.82, 2.24) is 4.90 Å². The molecule has 0 N–H and O–H groups in total. The Bertz CT molecular complexity index is 406. The molecular weight excluding hydrogens is 328 g/mol. The molecule has 1 aromatic carbocycles. The molecule has 118 valence electrons. The van der Waals surface area contributed by atoms with Crippen LogP contribution in [-0.2, 0) is 0 Å². The van der Waals surface area contributed by atoms with Gasteiger partial charge in [-0.25, -0.2) is 0 Å². The second-order valence-electron chi connectivity index (χ2n) is 5.60. The van der Waals surface area contributed by atoms with Gasteiger partial charge in [-0.15, -0.1) is 0 Å². The van der Waals surface area contributed by atoms with Crippen LogP contribution in [0.25, 0.3) is 0 Å². The molecule has 1 aliphatic rings. The van der Waals surface area contributed by atoms with E-state index in [0.29, 0.717) is 0 Å². The Morgan fingerprint density at radius 3 is 2.43 bits per heavy atom. The summed E-state index contributed by atoms with van der Waals surface area (Å²) < 4.78 is 5.47. The van der Waals surface area contributed by atoms with Crippen molar-refractivity contribution in [2.24, 2.45) is 0 Å².